The normalized spacial score (nSPS) is 24.0. The number of hydrogen-bond donors (Lipinski definition) is 1. The fraction of sp³-hybridized carbons (Fsp3) is 0.684. The summed E-state index contributed by atoms with van der Waals surface area (Å²) in [4.78, 5) is 1.41. The van der Waals surface area contributed by atoms with E-state index in [1.54, 1.807) is 0 Å². The largest absolute Gasteiger partial charge is 0.313 e. The van der Waals surface area contributed by atoms with E-state index in [4.69, 9.17) is 0 Å². The molecule has 1 saturated carbocycles. The van der Waals surface area contributed by atoms with Crippen LogP contribution in [0.2, 0.25) is 0 Å². The van der Waals surface area contributed by atoms with Gasteiger partial charge in [0.15, 0.2) is 0 Å². The molecule has 0 spiro atoms. The molecule has 2 rings (SSSR count). The van der Waals surface area contributed by atoms with Crippen LogP contribution in [-0.2, 0) is 0 Å². The standard InChI is InChI=1S/C19H31NS/c1-4-16-7-6-8-17(13-16)19(20-5-2)14-21-18-11-9-15(3)10-12-18/h9-12,16-17,19-20H,4-8,13-14H2,1-3H3. The van der Waals surface area contributed by atoms with Crippen LogP contribution in [0.25, 0.3) is 0 Å². The molecule has 118 valence electrons. The molecule has 0 bridgehead atoms. The average Bonchev–Trinajstić information content (AvgIpc) is 2.53. The van der Waals surface area contributed by atoms with Crippen molar-refractivity contribution in [2.45, 2.75) is 63.8 Å². The van der Waals surface area contributed by atoms with Gasteiger partial charge in [-0.25, -0.2) is 0 Å². The maximum atomic E-state index is 3.76. The number of aryl methyl sites for hydroxylation is 1. The topological polar surface area (TPSA) is 12.0 Å². The van der Waals surface area contributed by atoms with Crippen molar-refractivity contribution >= 4 is 11.8 Å². The summed E-state index contributed by atoms with van der Waals surface area (Å²) >= 11 is 2.02. The van der Waals surface area contributed by atoms with Crippen molar-refractivity contribution in [1.29, 1.82) is 0 Å². The zero-order chi connectivity index (χ0) is 15.1. The van der Waals surface area contributed by atoms with Crippen molar-refractivity contribution < 1.29 is 0 Å². The van der Waals surface area contributed by atoms with Crippen molar-refractivity contribution in [3.05, 3.63) is 29.8 Å². The van der Waals surface area contributed by atoms with E-state index < -0.39 is 0 Å². The minimum atomic E-state index is 0.677. The Morgan fingerprint density at radius 2 is 1.95 bits per heavy atom. The Hall–Kier alpha value is -0.470. The highest BCUT2D eigenvalue weighted by atomic mass is 32.2. The van der Waals surface area contributed by atoms with E-state index in [1.165, 1.54) is 48.3 Å². The Morgan fingerprint density at radius 3 is 2.62 bits per heavy atom. The first-order valence-electron chi connectivity index (χ1n) is 8.65. The Morgan fingerprint density at radius 1 is 1.19 bits per heavy atom. The highest BCUT2D eigenvalue weighted by Gasteiger charge is 2.27. The summed E-state index contributed by atoms with van der Waals surface area (Å²) in [7, 11) is 0. The summed E-state index contributed by atoms with van der Waals surface area (Å²) in [6.07, 6.45) is 7.10. The lowest BCUT2D eigenvalue weighted by Gasteiger charge is -2.34. The summed E-state index contributed by atoms with van der Waals surface area (Å²) < 4.78 is 0. The van der Waals surface area contributed by atoms with Gasteiger partial charge in [-0.1, -0.05) is 50.8 Å². The molecule has 1 aromatic rings. The van der Waals surface area contributed by atoms with Gasteiger partial charge in [-0.15, -0.1) is 11.8 Å². The van der Waals surface area contributed by atoms with Crippen molar-refractivity contribution in [2.24, 2.45) is 11.8 Å². The maximum absolute atomic E-state index is 3.76. The van der Waals surface area contributed by atoms with E-state index in [9.17, 15) is 0 Å². The molecule has 1 fully saturated rings. The molecule has 2 heteroatoms. The Labute approximate surface area is 135 Å². The van der Waals surface area contributed by atoms with Gasteiger partial charge in [-0.3, -0.25) is 0 Å². The SMILES string of the molecule is CCNC(CSc1ccc(C)cc1)C1CCCC(CC)C1. The molecule has 1 aromatic carbocycles. The second-order valence-electron chi connectivity index (χ2n) is 6.49. The van der Waals surface area contributed by atoms with Gasteiger partial charge in [0.25, 0.3) is 0 Å². The lowest BCUT2D eigenvalue weighted by molar-refractivity contribution is 0.220. The summed E-state index contributed by atoms with van der Waals surface area (Å²) in [5, 5.41) is 3.76. The molecule has 0 aromatic heterocycles. The Bertz CT molecular complexity index is 401. The van der Waals surface area contributed by atoms with Crippen molar-refractivity contribution in [3.8, 4) is 0 Å². The van der Waals surface area contributed by atoms with Crippen molar-refractivity contribution in [1.82, 2.24) is 5.32 Å². The molecule has 3 atom stereocenters. The van der Waals surface area contributed by atoms with Crippen LogP contribution < -0.4 is 5.32 Å². The predicted octanol–water partition coefficient (Wildman–Crippen LogP) is 5.28. The monoisotopic (exact) mass is 305 g/mol. The molecule has 3 unspecified atom stereocenters. The van der Waals surface area contributed by atoms with Gasteiger partial charge in [0.05, 0.1) is 0 Å². The fourth-order valence-corrected chi connectivity index (χ4v) is 4.60. The minimum Gasteiger partial charge on any atom is -0.313 e. The third-order valence-electron chi connectivity index (χ3n) is 4.89. The van der Waals surface area contributed by atoms with Crippen LogP contribution >= 0.6 is 11.8 Å². The minimum absolute atomic E-state index is 0.677. The lowest BCUT2D eigenvalue weighted by atomic mass is 9.77. The molecule has 1 aliphatic rings. The number of rotatable bonds is 7. The van der Waals surface area contributed by atoms with Crippen LogP contribution in [0, 0.1) is 18.8 Å². The van der Waals surface area contributed by atoms with Crippen molar-refractivity contribution in [3.63, 3.8) is 0 Å². The molecular weight excluding hydrogens is 274 g/mol. The van der Waals surface area contributed by atoms with Crippen LogP contribution in [0.4, 0.5) is 0 Å². The first-order chi connectivity index (χ1) is 10.2. The molecule has 1 nitrogen and oxygen atoms in total. The highest BCUT2D eigenvalue weighted by molar-refractivity contribution is 7.99. The zero-order valence-corrected chi connectivity index (χ0v) is 14.7. The number of thioether (sulfide) groups is 1. The average molecular weight is 306 g/mol. The maximum Gasteiger partial charge on any atom is 0.0189 e. The van der Waals surface area contributed by atoms with E-state index >= 15 is 0 Å². The fourth-order valence-electron chi connectivity index (χ4n) is 3.51. The summed E-state index contributed by atoms with van der Waals surface area (Å²) in [6.45, 7) is 7.84. The molecule has 1 aliphatic carbocycles. The summed E-state index contributed by atoms with van der Waals surface area (Å²) in [5.41, 5.74) is 1.35. The van der Waals surface area contributed by atoms with Crippen LogP contribution in [0.5, 0.6) is 0 Å². The van der Waals surface area contributed by atoms with Crippen LogP contribution in [-0.4, -0.2) is 18.3 Å². The van der Waals surface area contributed by atoms with Gasteiger partial charge in [0.2, 0.25) is 0 Å². The lowest BCUT2D eigenvalue weighted by Crippen LogP contribution is -2.40. The third kappa shape index (κ3) is 5.34. The van der Waals surface area contributed by atoms with Gasteiger partial charge in [-0.2, -0.15) is 0 Å². The van der Waals surface area contributed by atoms with E-state index in [0.29, 0.717) is 6.04 Å². The smallest absolute Gasteiger partial charge is 0.0189 e. The number of nitrogens with one attached hydrogen (secondary N) is 1. The zero-order valence-electron chi connectivity index (χ0n) is 13.9. The third-order valence-corrected chi connectivity index (χ3v) is 6.02. The highest BCUT2D eigenvalue weighted by Crippen LogP contribution is 2.34. The van der Waals surface area contributed by atoms with Crippen LogP contribution in [0.3, 0.4) is 0 Å². The quantitative estimate of drug-likeness (QED) is 0.688. The van der Waals surface area contributed by atoms with Gasteiger partial charge >= 0.3 is 0 Å². The number of benzene rings is 1. The predicted molar refractivity (Wildman–Crippen MR) is 95.1 cm³/mol. The van der Waals surface area contributed by atoms with Crippen molar-refractivity contribution in [2.75, 3.05) is 12.3 Å². The second-order valence-corrected chi connectivity index (χ2v) is 7.58. The van der Waals surface area contributed by atoms with Gasteiger partial charge in [0, 0.05) is 16.7 Å². The van der Waals surface area contributed by atoms with Crippen LogP contribution in [0.1, 0.15) is 51.5 Å². The molecule has 0 heterocycles. The first-order valence-corrected chi connectivity index (χ1v) is 9.64. The molecule has 0 aliphatic heterocycles. The van der Waals surface area contributed by atoms with Crippen LogP contribution in [0.15, 0.2) is 29.2 Å². The van der Waals surface area contributed by atoms with E-state index in [0.717, 1.165) is 18.4 Å². The van der Waals surface area contributed by atoms with Gasteiger partial charge in [0.1, 0.15) is 0 Å². The molecule has 0 radical (unpaired) electrons. The molecular formula is C19H31NS. The van der Waals surface area contributed by atoms with E-state index in [2.05, 4.69) is 50.4 Å². The van der Waals surface area contributed by atoms with Gasteiger partial charge < -0.3 is 5.32 Å². The second kappa shape index (κ2) is 8.85. The molecule has 0 amide bonds. The van der Waals surface area contributed by atoms with E-state index in [-0.39, 0.29) is 0 Å². The number of hydrogen-bond acceptors (Lipinski definition) is 2. The Balaban J connectivity index is 1.90. The summed E-state index contributed by atoms with van der Waals surface area (Å²) in [5.74, 6) is 3.05. The van der Waals surface area contributed by atoms with E-state index in [1.807, 2.05) is 11.8 Å². The first kappa shape index (κ1) is 16.9. The molecule has 0 saturated heterocycles. The Kier molecular flexibility index (Phi) is 7.12. The molecule has 21 heavy (non-hydrogen) atoms. The summed E-state index contributed by atoms with van der Waals surface area (Å²) in [6, 6.07) is 9.64. The molecule has 1 N–H and O–H groups in total. The van der Waals surface area contributed by atoms with Gasteiger partial charge in [-0.05, 0) is 50.3 Å².